The number of ether oxygens (including phenoxy) is 2. The zero-order valence-electron chi connectivity index (χ0n) is 21.9. The van der Waals surface area contributed by atoms with Crippen LogP contribution in [-0.4, -0.2) is 25.2 Å². The van der Waals surface area contributed by atoms with Crippen molar-refractivity contribution in [3.05, 3.63) is 114 Å². The SMILES string of the molecule is COc1ccccc1-c1cccc(CNCCCOc2cccc(Nc3cc(C)nc4ccccc34)c2)c1. The fourth-order valence-electron chi connectivity index (χ4n) is 4.58. The molecule has 0 unspecified atom stereocenters. The molecular formula is C33H33N3O2. The molecule has 0 atom stereocenters. The second-order valence-electron chi connectivity index (χ2n) is 9.26. The number of anilines is 2. The molecule has 0 saturated carbocycles. The number of benzene rings is 4. The lowest BCUT2D eigenvalue weighted by Gasteiger charge is -2.13. The predicted molar refractivity (Wildman–Crippen MR) is 156 cm³/mol. The molecule has 4 aromatic carbocycles. The van der Waals surface area contributed by atoms with Crippen molar-refractivity contribution in [2.75, 3.05) is 25.6 Å². The highest BCUT2D eigenvalue weighted by Gasteiger charge is 2.07. The minimum Gasteiger partial charge on any atom is -0.496 e. The van der Waals surface area contributed by atoms with Crippen molar-refractivity contribution in [3.8, 4) is 22.6 Å². The number of hydrogen-bond donors (Lipinski definition) is 2. The molecule has 0 bridgehead atoms. The smallest absolute Gasteiger partial charge is 0.126 e. The number of para-hydroxylation sites is 2. The van der Waals surface area contributed by atoms with E-state index < -0.39 is 0 Å². The zero-order chi connectivity index (χ0) is 26.2. The summed E-state index contributed by atoms with van der Waals surface area (Å²) in [4.78, 5) is 4.63. The molecule has 0 aliphatic heterocycles. The normalized spacial score (nSPS) is 10.9. The maximum atomic E-state index is 6.04. The van der Waals surface area contributed by atoms with Crippen molar-refractivity contribution in [1.82, 2.24) is 10.3 Å². The molecule has 5 heteroatoms. The van der Waals surface area contributed by atoms with Gasteiger partial charge in [-0.05, 0) is 67.4 Å². The lowest BCUT2D eigenvalue weighted by atomic mass is 10.0. The van der Waals surface area contributed by atoms with E-state index in [1.165, 1.54) is 5.56 Å². The van der Waals surface area contributed by atoms with Crippen LogP contribution in [0.4, 0.5) is 11.4 Å². The van der Waals surface area contributed by atoms with Crippen molar-refractivity contribution < 1.29 is 9.47 Å². The van der Waals surface area contributed by atoms with Crippen LogP contribution in [0.5, 0.6) is 11.5 Å². The molecular weight excluding hydrogens is 470 g/mol. The van der Waals surface area contributed by atoms with Crippen LogP contribution in [0, 0.1) is 6.92 Å². The maximum absolute atomic E-state index is 6.04. The van der Waals surface area contributed by atoms with Gasteiger partial charge in [0.15, 0.2) is 0 Å². The van der Waals surface area contributed by atoms with Gasteiger partial charge in [0.25, 0.3) is 0 Å². The summed E-state index contributed by atoms with van der Waals surface area (Å²) in [5, 5.41) is 8.17. The van der Waals surface area contributed by atoms with Crippen LogP contribution in [0.25, 0.3) is 22.0 Å². The topological polar surface area (TPSA) is 55.4 Å². The number of methoxy groups -OCH3 is 1. The van der Waals surface area contributed by atoms with Gasteiger partial charge < -0.3 is 20.1 Å². The molecule has 1 heterocycles. The van der Waals surface area contributed by atoms with E-state index >= 15 is 0 Å². The van der Waals surface area contributed by atoms with Crippen molar-refractivity contribution in [2.24, 2.45) is 0 Å². The van der Waals surface area contributed by atoms with E-state index in [4.69, 9.17) is 9.47 Å². The predicted octanol–water partition coefficient (Wildman–Crippen LogP) is 7.52. The molecule has 0 amide bonds. The summed E-state index contributed by atoms with van der Waals surface area (Å²) in [6.45, 7) is 4.35. The molecule has 0 saturated heterocycles. The van der Waals surface area contributed by atoms with Crippen molar-refractivity contribution >= 4 is 22.3 Å². The second-order valence-corrected chi connectivity index (χ2v) is 9.26. The van der Waals surface area contributed by atoms with E-state index in [1.807, 2.05) is 61.5 Å². The molecule has 0 aliphatic carbocycles. The maximum Gasteiger partial charge on any atom is 0.126 e. The molecule has 5 aromatic rings. The first-order valence-corrected chi connectivity index (χ1v) is 13.0. The Morgan fingerprint density at radius 2 is 1.66 bits per heavy atom. The molecule has 1 aromatic heterocycles. The Hall–Kier alpha value is -4.35. The highest BCUT2D eigenvalue weighted by Crippen LogP contribution is 2.30. The Balaban J connectivity index is 1.11. The van der Waals surface area contributed by atoms with Crippen LogP contribution in [0.1, 0.15) is 17.7 Å². The quantitative estimate of drug-likeness (QED) is 0.183. The van der Waals surface area contributed by atoms with Crippen molar-refractivity contribution in [3.63, 3.8) is 0 Å². The Kier molecular flexibility index (Phi) is 8.16. The van der Waals surface area contributed by atoms with Gasteiger partial charge in [-0.1, -0.05) is 60.7 Å². The molecule has 192 valence electrons. The monoisotopic (exact) mass is 503 g/mol. The summed E-state index contributed by atoms with van der Waals surface area (Å²) in [7, 11) is 1.71. The highest BCUT2D eigenvalue weighted by molar-refractivity contribution is 5.93. The molecule has 5 nitrogen and oxygen atoms in total. The van der Waals surface area contributed by atoms with Gasteiger partial charge in [-0.25, -0.2) is 0 Å². The number of aryl methyl sites for hydroxylation is 1. The number of aromatic nitrogens is 1. The molecule has 38 heavy (non-hydrogen) atoms. The number of nitrogens with one attached hydrogen (secondary N) is 2. The Labute approximate surface area is 224 Å². The van der Waals surface area contributed by atoms with Gasteiger partial charge in [-0.3, -0.25) is 4.98 Å². The van der Waals surface area contributed by atoms with E-state index in [9.17, 15) is 0 Å². The lowest BCUT2D eigenvalue weighted by Crippen LogP contribution is -2.17. The second kappa shape index (κ2) is 12.3. The zero-order valence-corrected chi connectivity index (χ0v) is 21.9. The van der Waals surface area contributed by atoms with Gasteiger partial charge in [0, 0.05) is 40.6 Å². The van der Waals surface area contributed by atoms with Gasteiger partial charge in [-0.15, -0.1) is 0 Å². The van der Waals surface area contributed by atoms with E-state index in [0.717, 1.165) is 70.1 Å². The molecule has 0 fully saturated rings. The van der Waals surface area contributed by atoms with Gasteiger partial charge in [-0.2, -0.15) is 0 Å². The standard InChI is InChI=1S/C33H33N3O2/c1-24-20-32(30-15-3-5-16-31(30)35-24)36-27-12-8-13-28(22-27)38-19-9-18-34-23-25-10-7-11-26(21-25)29-14-4-6-17-33(29)37-2/h3-8,10-17,20-22,34H,9,18-19,23H2,1-2H3,(H,35,36). The first kappa shape index (κ1) is 25.3. The highest BCUT2D eigenvalue weighted by atomic mass is 16.5. The summed E-state index contributed by atoms with van der Waals surface area (Å²) < 4.78 is 11.6. The molecule has 0 radical (unpaired) electrons. The number of hydrogen-bond acceptors (Lipinski definition) is 5. The number of nitrogens with zero attached hydrogens (tertiary/aromatic N) is 1. The average Bonchev–Trinajstić information content (AvgIpc) is 2.95. The molecule has 0 spiro atoms. The van der Waals surface area contributed by atoms with E-state index in [-0.39, 0.29) is 0 Å². The van der Waals surface area contributed by atoms with Crippen LogP contribution in [-0.2, 0) is 6.54 Å². The largest absolute Gasteiger partial charge is 0.496 e. The van der Waals surface area contributed by atoms with Crippen LogP contribution in [0.3, 0.4) is 0 Å². The number of pyridine rings is 1. The summed E-state index contributed by atoms with van der Waals surface area (Å²) in [5.41, 5.74) is 7.52. The van der Waals surface area contributed by atoms with E-state index in [2.05, 4.69) is 64.1 Å². The van der Waals surface area contributed by atoms with Crippen molar-refractivity contribution in [2.45, 2.75) is 19.9 Å². The first-order chi connectivity index (χ1) is 18.7. The average molecular weight is 504 g/mol. The summed E-state index contributed by atoms with van der Waals surface area (Å²) >= 11 is 0. The fourth-order valence-corrected chi connectivity index (χ4v) is 4.58. The summed E-state index contributed by atoms with van der Waals surface area (Å²) in [6, 6.07) is 35.1. The van der Waals surface area contributed by atoms with E-state index in [0.29, 0.717) is 6.61 Å². The minimum absolute atomic E-state index is 0.648. The van der Waals surface area contributed by atoms with Crippen molar-refractivity contribution in [1.29, 1.82) is 0 Å². The third kappa shape index (κ3) is 6.31. The Morgan fingerprint density at radius 1 is 0.816 bits per heavy atom. The van der Waals surface area contributed by atoms with Gasteiger partial charge in [0.1, 0.15) is 11.5 Å². The molecule has 2 N–H and O–H groups in total. The minimum atomic E-state index is 0.648. The first-order valence-electron chi connectivity index (χ1n) is 13.0. The molecule has 5 rings (SSSR count). The fraction of sp³-hybridized carbons (Fsp3) is 0.182. The van der Waals surface area contributed by atoms with Crippen LogP contribution < -0.4 is 20.1 Å². The van der Waals surface area contributed by atoms with Crippen LogP contribution in [0.15, 0.2) is 103 Å². The number of rotatable bonds is 11. The number of fused-ring (bicyclic) bond motifs is 1. The Bertz CT molecular complexity index is 1520. The third-order valence-corrected chi connectivity index (χ3v) is 6.40. The van der Waals surface area contributed by atoms with Gasteiger partial charge in [0.2, 0.25) is 0 Å². The lowest BCUT2D eigenvalue weighted by molar-refractivity contribution is 0.308. The molecule has 0 aliphatic rings. The van der Waals surface area contributed by atoms with Gasteiger partial charge >= 0.3 is 0 Å². The van der Waals surface area contributed by atoms with Gasteiger partial charge in [0.05, 0.1) is 19.2 Å². The Morgan fingerprint density at radius 3 is 2.58 bits per heavy atom. The van der Waals surface area contributed by atoms with E-state index in [1.54, 1.807) is 7.11 Å². The summed E-state index contributed by atoms with van der Waals surface area (Å²) in [5.74, 6) is 1.74. The van der Waals surface area contributed by atoms with Crippen LogP contribution >= 0.6 is 0 Å². The third-order valence-electron chi connectivity index (χ3n) is 6.40. The van der Waals surface area contributed by atoms with Crippen LogP contribution in [0.2, 0.25) is 0 Å². The summed E-state index contributed by atoms with van der Waals surface area (Å²) in [6.07, 6.45) is 0.915.